The van der Waals surface area contributed by atoms with Crippen LogP contribution in [0.3, 0.4) is 0 Å². The Morgan fingerprint density at radius 3 is 2.46 bits per heavy atom. The minimum atomic E-state index is -0.637. The summed E-state index contributed by atoms with van der Waals surface area (Å²) >= 11 is 1.04. The summed E-state index contributed by atoms with van der Waals surface area (Å²) in [5, 5.41) is 0. The van der Waals surface area contributed by atoms with Gasteiger partial charge in [0, 0.05) is 0 Å². The number of rotatable bonds is 2. The third kappa shape index (κ3) is 1.83. The van der Waals surface area contributed by atoms with E-state index >= 15 is 0 Å². The Morgan fingerprint density at radius 2 is 1.92 bits per heavy atom. The SMILES string of the molecule is COC(=O)c1ncsc1C(=O)OC. The first kappa shape index (κ1) is 9.66. The van der Waals surface area contributed by atoms with Gasteiger partial charge in [-0.1, -0.05) is 0 Å². The fraction of sp³-hybridized carbons (Fsp3) is 0.286. The molecule has 0 aromatic carbocycles. The molecule has 1 heterocycles. The summed E-state index contributed by atoms with van der Waals surface area (Å²) in [5.41, 5.74) is 1.39. The first-order chi connectivity index (χ1) is 6.20. The lowest BCUT2D eigenvalue weighted by molar-refractivity contribution is 0.0555. The van der Waals surface area contributed by atoms with E-state index in [1.165, 1.54) is 19.7 Å². The van der Waals surface area contributed by atoms with E-state index in [4.69, 9.17) is 0 Å². The molecule has 1 rings (SSSR count). The quantitative estimate of drug-likeness (QED) is 0.659. The molecule has 6 heteroatoms. The third-order valence-corrected chi connectivity index (χ3v) is 2.12. The fourth-order valence-electron chi connectivity index (χ4n) is 0.726. The maximum absolute atomic E-state index is 11.1. The van der Waals surface area contributed by atoms with Crippen LogP contribution in [0.25, 0.3) is 0 Å². The van der Waals surface area contributed by atoms with Crippen LogP contribution in [0.4, 0.5) is 0 Å². The van der Waals surface area contributed by atoms with Gasteiger partial charge in [-0.25, -0.2) is 14.6 Å². The highest BCUT2D eigenvalue weighted by molar-refractivity contribution is 7.12. The summed E-state index contributed by atoms with van der Waals surface area (Å²) < 4.78 is 8.88. The van der Waals surface area contributed by atoms with Gasteiger partial charge in [0.15, 0.2) is 5.69 Å². The number of esters is 2. The average molecular weight is 201 g/mol. The van der Waals surface area contributed by atoms with Crippen LogP contribution in [-0.2, 0) is 9.47 Å². The van der Waals surface area contributed by atoms with Crippen molar-refractivity contribution in [2.24, 2.45) is 0 Å². The lowest BCUT2D eigenvalue weighted by Crippen LogP contribution is -2.09. The standard InChI is InChI=1S/C7H7NO4S/c1-11-6(9)4-5(7(10)12-2)13-3-8-4/h3H,1-2H3. The minimum absolute atomic E-state index is 0.000602. The molecule has 0 saturated heterocycles. The highest BCUT2D eigenvalue weighted by Gasteiger charge is 2.21. The van der Waals surface area contributed by atoms with Crippen molar-refractivity contribution in [2.45, 2.75) is 0 Å². The molecule has 0 bridgehead atoms. The Bertz CT molecular complexity index is 302. The first-order valence-electron chi connectivity index (χ1n) is 3.30. The lowest BCUT2D eigenvalue weighted by atomic mass is 10.3. The monoisotopic (exact) mass is 201 g/mol. The number of ether oxygens (including phenoxy) is 2. The molecular weight excluding hydrogens is 194 g/mol. The van der Waals surface area contributed by atoms with Gasteiger partial charge < -0.3 is 9.47 Å². The van der Waals surface area contributed by atoms with Gasteiger partial charge in [0.25, 0.3) is 0 Å². The zero-order valence-corrected chi connectivity index (χ0v) is 7.88. The molecule has 5 nitrogen and oxygen atoms in total. The van der Waals surface area contributed by atoms with E-state index in [9.17, 15) is 9.59 Å². The molecule has 1 aromatic heterocycles. The van der Waals surface area contributed by atoms with Crippen LogP contribution in [0.2, 0.25) is 0 Å². The molecule has 0 amide bonds. The molecule has 13 heavy (non-hydrogen) atoms. The van der Waals surface area contributed by atoms with Crippen LogP contribution in [0.15, 0.2) is 5.51 Å². The molecule has 0 aliphatic rings. The van der Waals surface area contributed by atoms with Gasteiger partial charge >= 0.3 is 11.9 Å². The van der Waals surface area contributed by atoms with Gasteiger partial charge in [-0.2, -0.15) is 0 Å². The van der Waals surface area contributed by atoms with E-state index < -0.39 is 11.9 Å². The lowest BCUT2D eigenvalue weighted by Gasteiger charge is -1.97. The van der Waals surface area contributed by atoms with E-state index in [1.54, 1.807) is 0 Å². The summed E-state index contributed by atoms with van der Waals surface area (Å²) in [6.07, 6.45) is 0. The van der Waals surface area contributed by atoms with Gasteiger partial charge in [0.1, 0.15) is 4.88 Å². The fourth-order valence-corrected chi connectivity index (χ4v) is 1.42. The van der Waals surface area contributed by atoms with Crippen molar-refractivity contribution < 1.29 is 19.1 Å². The van der Waals surface area contributed by atoms with Crippen molar-refractivity contribution in [1.29, 1.82) is 0 Å². The van der Waals surface area contributed by atoms with Crippen molar-refractivity contribution in [3.05, 3.63) is 16.1 Å². The van der Waals surface area contributed by atoms with Crippen LogP contribution < -0.4 is 0 Å². The molecule has 1 aromatic rings. The average Bonchev–Trinajstić information content (AvgIpc) is 2.63. The van der Waals surface area contributed by atoms with E-state index in [1.807, 2.05) is 0 Å². The summed E-state index contributed by atoms with van der Waals surface area (Å²) in [6.45, 7) is 0. The second kappa shape index (κ2) is 3.99. The van der Waals surface area contributed by atoms with Crippen molar-refractivity contribution >= 4 is 23.3 Å². The summed E-state index contributed by atoms with van der Waals surface area (Å²) in [7, 11) is 2.46. The van der Waals surface area contributed by atoms with Crippen molar-refractivity contribution in [1.82, 2.24) is 4.98 Å². The van der Waals surface area contributed by atoms with Crippen molar-refractivity contribution in [3.8, 4) is 0 Å². The second-order valence-corrected chi connectivity index (χ2v) is 2.87. The Labute approximate surface area is 78.3 Å². The Hall–Kier alpha value is -1.43. The summed E-state index contributed by atoms with van der Waals surface area (Å²) in [5.74, 6) is -1.22. The molecule has 0 fully saturated rings. The van der Waals surface area contributed by atoms with Gasteiger partial charge in [-0.15, -0.1) is 11.3 Å². The molecule has 0 N–H and O–H groups in total. The van der Waals surface area contributed by atoms with E-state index in [-0.39, 0.29) is 10.6 Å². The number of nitrogens with zero attached hydrogens (tertiary/aromatic N) is 1. The number of thiazole rings is 1. The van der Waals surface area contributed by atoms with Gasteiger partial charge in [-0.3, -0.25) is 0 Å². The van der Waals surface area contributed by atoms with Crippen molar-refractivity contribution in [2.75, 3.05) is 14.2 Å². The summed E-state index contributed by atoms with van der Waals surface area (Å²) in [4.78, 5) is 25.9. The molecule has 0 spiro atoms. The molecule has 0 aliphatic heterocycles. The molecule has 0 radical (unpaired) electrons. The highest BCUT2D eigenvalue weighted by atomic mass is 32.1. The number of aromatic nitrogens is 1. The topological polar surface area (TPSA) is 65.5 Å². The van der Waals surface area contributed by atoms with Gasteiger partial charge in [-0.05, 0) is 0 Å². The second-order valence-electron chi connectivity index (χ2n) is 2.01. The Kier molecular flexibility index (Phi) is 2.97. The van der Waals surface area contributed by atoms with Gasteiger partial charge in [0.05, 0.1) is 19.7 Å². The van der Waals surface area contributed by atoms with Crippen LogP contribution in [0.5, 0.6) is 0 Å². The van der Waals surface area contributed by atoms with Gasteiger partial charge in [0.2, 0.25) is 0 Å². The molecule has 0 aliphatic carbocycles. The normalized spacial score (nSPS) is 9.38. The molecule has 0 saturated carbocycles. The highest BCUT2D eigenvalue weighted by Crippen LogP contribution is 2.14. The molecule has 0 atom stereocenters. The van der Waals surface area contributed by atoms with E-state index in [2.05, 4.69) is 14.5 Å². The molecule has 0 unspecified atom stereocenters. The van der Waals surface area contributed by atoms with Crippen LogP contribution in [0, 0.1) is 0 Å². The Balaban J connectivity index is 3.02. The number of carbonyl (C=O) groups excluding carboxylic acids is 2. The zero-order chi connectivity index (χ0) is 9.84. The smallest absolute Gasteiger partial charge is 0.358 e. The largest absolute Gasteiger partial charge is 0.465 e. The van der Waals surface area contributed by atoms with Crippen molar-refractivity contribution in [3.63, 3.8) is 0 Å². The third-order valence-electron chi connectivity index (χ3n) is 1.32. The number of carbonyl (C=O) groups is 2. The summed E-state index contributed by atoms with van der Waals surface area (Å²) in [6, 6.07) is 0. The number of hydrogen-bond acceptors (Lipinski definition) is 6. The number of methoxy groups -OCH3 is 2. The van der Waals surface area contributed by atoms with Crippen LogP contribution >= 0.6 is 11.3 Å². The predicted octanol–water partition coefficient (Wildman–Crippen LogP) is 0.716. The Morgan fingerprint density at radius 1 is 1.31 bits per heavy atom. The molecule has 70 valence electrons. The maximum atomic E-state index is 11.1. The predicted molar refractivity (Wildman–Crippen MR) is 44.8 cm³/mol. The maximum Gasteiger partial charge on any atom is 0.358 e. The first-order valence-corrected chi connectivity index (χ1v) is 4.18. The van der Waals surface area contributed by atoms with E-state index in [0.717, 1.165) is 11.3 Å². The van der Waals surface area contributed by atoms with Crippen LogP contribution in [0.1, 0.15) is 20.2 Å². The number of hydrogen-bond donors (Lipinski definition) is 0. The minimum Gasteiger partial charge on any atom is -0.465 e. The van der Waals surface area contributed by atoms with E-state index in [0.29, 0.717) is 0 Å². The van der Waals surface area contributed by atoms with Crippen LogP contribution in [-0.4, -0.2) is 31.1 Å². The molecular formula is C7H7NO4S. The zero-order valence-electron chi connectivity index (χ0n) is 7.07.